The summed E-state index contributed by atoms with van der Waals surface area (Å²) >= 11 is 0. The van der Waals surface area contributed by atoms with E-state index >= 15 is 0 Å². The number of rotatable bonds is 3. The first-order valence-electron chi connectivity index (χ1n) is 6.55. The molecule has 3 aromatic rings. The van der Waals surface area contributed by atoms with Crippen LogP contribution in [0.15, 0.2) is 36.9 Å². The first-order chi connectivity index (χ1) is 9.65. The molecule has 5 heteroatoms. The Morgan fingerprint density at radius 2 is 1.80 bits per heavy atom. The third-order valence-corrected chi connectivity index (χ3v) is 3.28. The second-order valence-corrected chi connectivity index (χ2v) is 5.12. The number of hydrogen-bond acceptors (Lipinski definition) is 4. The molecular weight excluding hydrogens is 250 g/mol. The third kappa shape index (κ3) is 2.22. The highest BCUT2D eigenvalue weighted by Gasteiger charge is 2.11. The van der Waals surface area contributed by atoms with Crippen LogP contribution < -0.4 is 4.90 Å². The molecule has 0 saturated heterocycles. The van der Waals surface area contributed by atoms with Gasteiger partial charge in [-0.2, -0.15) is 0 Å². The predicted molar refractivity (Wildman–Crippen MR) is 79.1 cm³/mol. The molecule has 102 valence electrons. The molecule has 5 nitrogen and oxygen atoms in total. The van der Waals surface area contributed by atoms with Gasteiger partial charge in [0.25, 0.3) is 0 Å². The van der Waals surface area contributed by atoms with Crippen LogP contribution in [0.3, 0.4) is 0 Å². The Kier molecular flexibility index (Phi) is 3.10. The zero-order valence-corrected chi connectivity index (χ0v) is 11.9. The van der Waals surface area contributed by atoms with Crippen molar-refractivity contribution in [1.29, 1.82) is 0 Å². The lowest BCUT2D eigenvalue weighted by atomic mass is 10.1. The third-order valence-electron chi connectivity index (χ3n) is 3.28. The van der Waals surface area contributed by atoms with Crippen molar-refractivity contribution in [1.82, 2.24) is 19.4 Å². The summed E-state index contributed by atoms with van der Waals surface area (Å²) in [5, 5.41) is 0. The van der Waals surface area contributed by atoms with E-state index in [-0.39, 0.29) is 0 Å². The second-order valence-electron chi connectivity index (χ2n) is 5.12. The Morgan fingerprint density at radius 3 is 2.50 bits per heavy atom. The van der Waals surface area contributed by atoms with Crippen LogP contribution in [-0.4, -0.2) is 33.4 Å². The van der Waals surface area contributed by atoms with Crippen LogP contribution in [0.1, 0.15) is 16.8 Å². The minimum Gasteiger partial charge on any atom is -0.348 e. The van der Waals surface area contributed by atoms with E-state index in [9.17, 15) is 0 Å². The smallest absolute Gasteiger partial charge is 0.213 e. The van der Waals surface area contributed by atoms with Crippen molar-refractivity contribution in [3.63, 3.8) is 0 Å². The predicted octanol–water partition coefficient (Wildman–Crippen LogP) is 2.09. The van der Waals surface area contributed by atoms with Crippen molar-refractivity contribution >= 4 is 11.6 Å². The van der Waals surface area contributed by atoms with E-state index in [4.69, 9.17) is 0 Å². The highest BCUT2D eigenvalue weighted by atomic mass is 15.3. The summed E-state index contributed by atoms with van der Waals surface area (Å²) < 4.78 is 1.92. The van der Waals surface area contributed by atoms with E-state index in [1.165, 1.54) is 11.1 Å². The quantitative estimate of drug-likeness (QED) is 0.729. The summed E-state index contributed by atoms with van der Waals surface area (Å²) in [6, 6.07) is 8.50. The molecule has 0 aliphatic rings. The number of benzene rings is 1. The molecule has 0 bridgehead atoms. The lowest BCUT2D eigenvalue weighted by molar-refractivity contribution is 0.929. The number of fused-ring (bicyclic) bond motifs is 1. The van der Waals surface area contributed by atoms with Crippen molar-refractivity contribution in [3.8, 4) is 0 Å². The molecule has 0 N–H and O–H groups in total. The van der Waals surface area contributed by atoms with Crippen LogP contribution in [0.4, 0.5) is 5.95 Å². The van der Waals surface area contributed by atoms with Crippen molar-refractivity contribution in [2.24, 2.45) is 0 Å². The maximum absolute atomic E-state index is 4.49. The van der Waals surface area contributed by atoms with Crippen molar-refractivity contribution in [3.05, 3.63) is 53.7 Å². The zero-order valence-electron chi connectivity index (χ0n) is 11.9. The Balaban J connectivity index is 2.00. The molecule has 0 spiro atoms. The van der Waals surface area contributed by atoms with Crippen LogP contribution in [0.25, 0.3) is 5.65 Å². The van der Waals surface area contributed by atoms with Crippen LogP contribution in [0.2, 0.25) is 0 Å². The van der Waals surface area contributed by atoms with E-state index in [1.807, 2.05) is 23.4 Å². The minimum absolute atomic E-state index is 0.778. The van der Waals surface area contributed by atoms with Gasteiger partial charge in [0.1, 0.15) is 12.7 Å². The number of anilines is 1. The van der Waals surface area contributed by atoms with Gasteiger partial charge >= 0.3 is 0 Å². The Morgan fingerprint density at radius 1 is 1.05 bits per heavy atom. The summed E-state index contributed by atoms with van der Waals surface area (Å²) in [7, 11) is 3.92. The monoisotopic (exact) mass is 267 g/mol. The number of nitrogens with zero attached hydrogens (tertiary/aromatic N) is 5. The molecule has 20 heavy (non-hydrogen) atoms. The Bertz CT molecular complexity index is 728. The first kappa shape index (κ1) is 12.6. The molecule has 0 fully saturated rings. The summed E-state index contributed by atoms with van der Waals surface area (Å²) in [6.07, 6.45) is 4.15. The molecule has 0 aliphatic carbocycles. The molecule has 0 atom stereocenters. The Hall–Kier alpha value is -2.43. The highest BCUT2D eigenvalue weighted by Crippen LogP contribution is 2.16. The van der Waals surface area contributed by atoms with Gasteiger partial charge in [0.15, 0.2) is 5.65 Å². The second kappa shape index (κ2) is 4.92. The number of aryl methyl sites for hydroxylation is 1. The minimum atomic E-state index is 0.778. The SMILES string of the molecule is Cc1ccc(Cc2ncn3c(N(C)C)ncnc23)cc1. The van der Waals surface area contributed by atoms with Crippen LogP contribution in [0.5, 0.6) is 0 Å². The number of imidazole rings is 1. The van der Waals surface area contributed by atoms with Gasteiger partial charge in [-0.1, -0.05) is 29.8 Å². The van der Waals surface area contributed by atoms with Gasteiger partial charge < -0.3 is 4.90 Å². The topological polar surface area (TPSA) is 46.3 Å². The lowest BCUT2D eigenvalue weighted by Crippen LogP contribution is -2.15. The normalized spacial score (nSPS) is 10.9. The Labute approximate surface area is 117 Å². The fourth-order valence-electron chi connectivity index (χ4n) is 2.21. The van der Waals surface area contributed by atoms with Crippen LogP contribution in [0, 0.1) is 6.92 Å². The first-order valence-corrected chi connectivity index (χ1v) is 6.55. The van der Waals surface area contributed by atoms with Crippen molar-refractivity contribution in [2.45, 2.75) is 13.3 Å². The molecule has 3 rings (SSSR count). The van der Waals surface area contributed by atoms with Gasteiger partial charge in [-0.15, -0.1) is 0 Å². The molecule has 0 unspecified atom stereocenters. The van der Waals surface area contributed by atoms with Crippen molar-refractivity contribution in [2.75, 3.05) is 19.0 Å². The van der Waals surface area contributed by atoms with E-state index < -0.39 is 0 Å². The molecule has 0 aliphatic heterocycles. The van der Waals surface area contributed by atoms with Gasteiger partial charge in [0, 0.05) is 20.5 Å². The van der Waals surface area contributed by atoms with Crippen LogP contribution in [-0.2, 0) is 6.42 Å². The van der Waals surface area contributed by atoms with Gasteiger partial charge in [-0.05, 0) is 12.5 Å². The average Bonchev–Trinajstić information content (AvgIpc) is 2.84. The fraction of sp³-hybridized carbons (Fsp3) is 0.267. The molecule has 0 radical (unpaired) electrons. The fourth-order valence-corrected chi connectivity index (χ4v) is 2.21. The van der Waals surface area contributed by atoms with E-state index in [0.717, 1.165) is 23.7 Å². The van der Waals surface area contributed by atoms with E-state index in [1.54, 1.807) is 12.7 Å². The standard InChI is InChI=1S/C15H17N5/c1-11-4-6-12(7-5-11)8-13-14-16-9-17-15(19(2)3)20(14)10-18-13/h4-7,9-10H,8H2,1-3H3. The zero-order chi connectivity index (χ0) is 14.1. The molecule has 0 saturated carbocycles. The van der Waals surface area contributed by atoms with Gasteiger partial charge in [-0.3, -0.25) is 4.40 Å². The summed E-state index contributed by atoms with van der Waals surface area (Å²) in [6.45, 7) is 2.09. The van der Waals surface area contributed by atoms with Gasteiger partial charge in [-0.25, -0.2) is 15.0 Å². The maximum atomic E-state index is 4.49. The summed E-state index contributed by atoms with van der Waals surface area (Å²) in [5.41, 5.74) is 4.34. The lowest BCUT2D eigenvalue weighted by Gasteiger charge is -2.12. The summed E-state index contributed by atoms with van der Waals surface area (Å²) in [4.78, 5) is 15.1. The molecule has 0 amide bonds. The number of hydrogen-bond donors (Lipinski definition) is 0. The van der Waals surface area contributed by atoms with Gasteiger partial charge in [0.05, 0.1) is 5.69 Å². The molecular formula is C15H17N5. The van der Waals surface area contributed by atoms with Crippen molar-refractivity contribution < 1.29 is 0 Å². The average molecular weight is 267 g/mol. The number of aromatic nitrogens is 4. The maximum Gasteiger partial charge on any atom is 0.213 e. The highest BCUT2D eigenvalue weighted by molar-refractivity contribution is 5.50. The molecule has 2 aromatic heterocycles. The van der Waals surface area contributed by atoms with Crippen LogP contribution >= 0.6 is 0 Å². The largest absolute Gasteiger partial charge is 0.348 e. The van der Waals surface area contributed by atoms with E-state index in [2.05, 4.69) is 46.1 Å². The molecule has 1 aromatic carbocycles. The summed E-state index contributed by atoms with van der Waals surface area (Å²) in [5.74, 6) is 0.831. The molecule has 2 heterocycles. The van der Waals surface area contributed by atoms with E-state index in [0.29, 0.717) is 0 Å². The van der Waals surface area contributed by atoms with Gasteiger partial charge in [0.2, 0.25) is 5.95 Å².